The molecule has 0 amide bonds. The molecule has 0 fully saturated rings. The van der Waals surface area contributed by atoms with Crippen LogP contribution in [0.1, 0.15) is 6.92 Å². The van der Waals surface area contributed by atoms with Crippen molar-refractivity contribution in [3.8, 4) is 0 Å². The molecular formula is C6H12N2. The first kappa shape index (κ1) is 7.24. The molecule has 0 aliphatic carbocycles. The highest BCUT2D eigenvalue weighted by atomic mass is 15.4. The van der Waals surface area contributed by atoms with E-state index in [0.29, 0.717) is 0 Å². The molecule has 8 heavy (non-hydrogen) atoms. The minimum atomic E-state index is 1.00. The summed E-state index contributed by atoms with van der Waals surface area (Å²) in [5.74, 6) is 5.34. The Labute approximate surface area is 50.3 Å². The van der Waals surface area contributed by atoms with Gasteiger partial charge >= 0.3 is 0 Å². The van der Waals surface area contributed by atoms with E-state index >= 15 is 0 Å². The standard InChI is InChI=1S/C6H12N2/c1-4-5-6(2)8(3)7/h4-5H,1,7H2,2-3H3/b6-5-. The van der Waals surface area contributed by atoms with Crippen molar-refractivity contribution in [1.29, 1.82) is 0 Å². The van der Waals surface area contributed by atoms with Crippen LogP contribution in [0, 0.1) is 0 Å². The van der Waals surface area contributed by atoms with Gasteiger partial charge in [-0.2, -0.15) is 0 Å². The molecule has 0 unspecified atom stereocenters. The third-order valence-corrected chi connectivity index (χ3v) is 0.915. The minimum Gasteiger partial charge on any atom is -0.319 e. The fourth-order valence-electron chi connectivity index (χ4n) is 0.288. The van der Waals surface area contributed by atoms with Crippen LogP contribution in [0.15, 0.2) is 24.4 Å². The largest absolute Gasteiger partial charge is 0.319 e. The summed E-state index contributed by atoms with van der Waals surface area (Å²) in [7, 11) is 1.79. The van der Waals surface area contributed by atoms with E-state index in [0.717, 1.165) is 5.70 Å². The van der Waals surface area contributed by atoms with Crippen LogP contribution in [0.4, 0.5) is 0 Å². The predicted octanol–water partition coefficient (Wildman–Crippen LogP) is 0.882. The Balaban J connectivity index is 3.78. The molecule has 0 aromatic rings. The molecule has 0 aliphatic heterocycles. The van der Waals surface area contributed by atoms with E-state index in [4.69, 9.17) is 5.84 Å². The molecule has 2 nitrogen and oxygen atoms in total. The zero-order valence-electron chi connectivity index (χ0n) is 5.39. The summed E-state index contributed by atoms with van der Waals surface area (Å²) < 4.78 is 0. The SMILES string of the molecule is C=C/C=C(/C)N(C)N. The molecule has 2 heteroatoms. The Morgan fingerprint density at radius 1 is 1.75 bits per heavy atom. The van der Waals surface area contributed by atoms with Gasteiger partial charge in [0.2, 0.25) is 0 Å². The van der Waals surface area contributed by atoms with Crippen LogP contribution in [0.25, 0.3) is 0 Å². The Kier molecular flexibility index (Phi) is 2.96. The van der Waals surface area contributed by atoms with Crippen molar-refractivity contribution >= 4 is 0 Å². The fourth-order valence-corrected chi connectivity index (χ4v) is 0.288. The van der Waals surface area contributed by atoms with Crippen LogP contribution < -0.4 is 5.84 Å². The molecule has 0 saturated carbocycles. The lowest BCUT2D eigenvalue weighted by molar-refractivity contribution is 0.442. The molecule has 46 valence electrons. The summed E-state index contributed by atoms with van der Waals surface area (Å²) in [6, 6.07) is 0. The van der Waals surface area contributed by atoms with Crippen LogP contribution in [0.2, 0.25) is 0 Å². The number of hydrogen-bond acceptors (Lipinski definition) is 2. The van der Waals surface area contributed by atoms with E-state index in [1.54, 1.807) is 18.1 Å². The maximum absolute atomic E-state index is 5.34. The average molecular weight is 112 g/mol. The molecule has 0 aliphatic rings. The van der Waals surface area contributed by atoms with Crippen molar-refractivity contribution in [2.24, 2.45) is 5.84 Å². The average Bonchev–Trinajstić information content (AvgIpc) is 1.67. The Bertz CT molecular complexity index is 103. The molecule has 0 radical (unpaired) electrons. The molecule has 0 heterocycles. The van der Waals surface area contributed by atoms with Gasteiger partial charge in [0.05, 0.1) is 0 Å². The number of hydrazine groups is 1. The topological polar surface area (TPSA) is 29.3 Å². The molecule has 0 saturated heterocycles. The van der Waals surface area contributed by atoms with Crippen LogP contribution in [0.5, 0.6) is 0 Å². The van der Waals surface area contributed by atoms with Gasteiger partial charge in [0, 0.05) is 12.7 Å². The minimum absolute atomic E-state index is 1.00. The van der Waals surface area contributed by atoms with E-state index < -0.39 is 0 Å². The maximum atomic E-state index is 5.34. The molecule has 0 rings (SSSR count). The molecule has 0 bridgehead atoms. The molecule has 0 atom stereocenters. The summed E-state index contributed by atoms with van der Waals surface area (Å²) in [6.45, 7) is 5.44. The summed E-state index contributed by atoms with van der Waals surface area (Å²) in [6.07, 6.45) is 3.55. The molecule has 2 N–H and O–H groups in total. The van der Waals surface area contributed by atoms with Gasteiger partial charge in [-0.15, -0.1) is 0 Å². The Morgan fingerprint density at radius 3 is 2.38 bits per heavy atom. The third kappa shape index (κ3) is 2.42. The maximum Gasteiger partial charge on any atom is 0.0256 e. The van der Waals surface area contributed by atoms with Gasteiger partial charge in [-0.3, -0.25) is 0 Å². The zero-order valence-corrected chi connectivity index (χ0v) is 5.39. The van der Waals surface area contributed by atoms with Crippen LogP contribution in [0.3, 0.4) is 0 Å². The highest BCUT2D eigenvalue weighted by Gasteiger charge is 1.84. The van der Waals surface area contributed by atoms with Crippen molar-refractivity contribution in [3.05, 3.63) is 24.4 Å². The first-order valence-corrected chi connectivity index (χ1v) is 2.46. The molecular weight excluding hydrogens is 100 g/mol. The Morgan fingerprint density at radius 2 is 2.25 bits per heavy atom. The molecule has 0 aromatic heterocycles. The van der Waals surface area contributed by atoms with Crippen LogP contribution in [-0.4, -0.2) is 12.1 Å². The predicted molar refractivity (Wildman–Crippen MR) is 35.9 cm³/mol. The van der Waals surface area contributed by atoms with Gasteiger partial charge in [0.15, 0.2) is 0 Å². The molecule has 0 spiro atoms. The quantitative estimate of drug-likeness (QED) is 0.326. The highest BCUT2D eigenvalue weighted by Crippen LogP contribution is 1.91. The zero-order chi connectivity index (χ0) is 6.57. The second kappa shape index (κ2) is 3.27. The van der Waals surface area contributed by atoms with Gasteiger partial charge < -0.3 is 5.01 Å². The van der Waals surface area contributed by atoms with E-state index in [2.05, 4.69) is 6.58 Å². The second-order valence-electron chi connectivity index (χ2n) is 1.65. The van der Waals surface area contributed by atoms with E-state index in [-0.39, 0.29) is 0 Å². The van der Waals surface area contributed by atoms with Gasteiger partial charge in [-0.05, 0) is 13.0 Å². The lowest BCUT2D eigenvalue weighted by Crippen LogP contribution is -2.23. The summed E-state index contributed by atoms with van der Waals surface area (Å²) in [4.78, 5) is 0. The van der Waals surface area contributed by atoms with Crippen molar-refractivity contribution in [1.82, 2.24) is 5.01 Å². The Hall–Kier alpha value is -0.760. The number of hydrogen-bond donors (Lipinski definition) is 1. The van der Waals surface area contributed by atoms with Crippen molar-refractivity contribution in [2.75, 3.05) is 7.05 Å². The van der Waals surface area contributed by atoms with Crippen molar-refractivity contribution < 1.29 is 0 Å². The number of nitrogens with zero attached hydrogens (tertiary/aromatic N) is 1. The first-order valence-electron chi connectivity index (χ1n) is 2.46. The van der Waals surface area contributed by atoms with Gasteiger partial charge in [-0.25, -0.2) is 5.84 Å². The summed E-state index contributed by atoms with van der Waals surface area (Å²) >= 11 is 0. The normalized spacial score (nSPS) is 11.1. The first-order chi connectivity index (χ1) is 3.68. The van der Waals surface area contributed by atoms with Gasteiger partial charge in [-0.1, -0.05) is 12.7 Å². The number of allylic oxidation sites excluding steroid dienone is 3. The van der Waals surface area contributed by atoms with E-state index in [9.17, 15) is 0 Å². The number of nitrogens with two attached hydrogens (primary N) is 1. The summed E-state index contributed by atoms with van der Waals surface area (Å²) in [5.41, 5.74) is 1.00. The van der Waals surface area contributed by atoms with Crippen molar-refractivity contribution in [2.45, 2.75) is 6.92 Å². The molecule has 0 aromatic carbocycles. The fraction of sp³-hybridized carbons (Fsp3) is 0.333. The van der Waals surface area contributed by atoms with Gasteiger partial charge in [0.25, 0.3) is 0 Å². The monoisotopic (exact) mass is 112 g/mol. The third-order valence-electron chi connectivity index (χ3n) is 0.915. The lowest BCUT2D eigenvalue weighted by atomic mass is 10.4. The van der Waals surface area contributed by atoms with Crippen molar-refractivity contribution in [3.63, 3.8) is 0 Å². The lowest BCUT2D eigenvalue weighted by Gasteiger charge is -2.10. The van der Waals surface area contributed by atoms with E-state index in [1.807, 2.05) is 13.0 Å². The van der Waals surface area contributed by atoms with Crippen LogP contribution >= 0.6 is 0 Å². The second-order valence-corrected chi connectivity index (χ2v) is 1.65. The van der Waals surface area contributed by atoms with Gasteiger partial charge in [0.1, 0.15) is 0 Å². The van der Waals surface area contributed by atoms with Crippen LogP contribution in [-0.2, 0) is 0 Å². The smallest absolute Gasteiger partial charge is 0.0256 e. The van der Waals surface area contributed by atoms with E-state index in [1.165, 1.54) is 0 Å². The number of rotatable bonds is 2. The highest BCUT2D eigenvalue weighted by molar-refractivity contribution is 5.04. The summed E-state index contributed by atoms with van der Waals surface area (Å²) in [5, 5.41) is 1.54.